The molecule has 188 valence electrons. The third-order valence-electron chi connectivity index (χ3n) is 8.51. The molecule has 7 aromatic rings. The Morgan fingerprint density at radius 3 is 1.88 bits per heavy atom. The lowest BCUT2D eigenvalue weighted by Gasteiger charge is -2.39. The van der Waals surface area contributed by atoms with Crippen molar-refractivity contribution in [1.82, 2.24) is 0 Å². The summed E-state index contributed by atoms with van der Waals surface area (Å²) in [4.78, 5) is 0. The van der Waals surface area contributed by atoms with Crippen molar-refractivity contribution in [2.75, 3.05) is 5.32 Å². The van der Waals surface area contributed by atoms with E-state index in [0.29, 0.717) is 0 Å². The maximum Gasteiger partial charge on any atom is 0.137 e. The molecule has 0 atom stereocenters. The predicted molar refractivity (Wildman–Crippen MR) is 161 cm³/mol. The number of para-hydroxylation sites is 3. The lowest BCUT2D eigenvalue weighted by atomic mass is 9.66. The van der Waals surface area contributed by atoms with Crippen molar-refractivity contribution in [2.24, 2.45) is 0 Å². The number of ether oxygens (including phenoxy) is 1. The summed E-state index contributed by atoms with van der Waals surface area (Å²) in [7, 11) is 0. The van der Waals surface area contributed by atoms with E-state index in [-0.39, 0.29) is 0 Å². The average Bonchev–Trinajstić information content (AvgIpc) is 3.51. The molecular weight excluding hydrogens is 490 g/mol. The number of hydrogen-bond acceptors (Lipinski definition) is 3. The molecule has 6 aromatic carbocycles. The van der Waals surface area contributed by atoms with E-state index in [4.69, 9.17) is 9.15 Å². The van der Waals surface area contributed by atoms with E-state index in [0.717, 1.165) is 44.8 Å². The van der Waals surface area contributed by atoms with Crippen LogP contribution in [0, 0.1) is 0 Å². The lowest BCUT2D eigenvalue weighted by Crippen LogP contribution is -2.32. The van der Waals surface area contributed by atoms with Crippen LogP contribution in [0.2, 0.25) is 0 Å². The predicted octanol–water partition coefficient (Wildman–Crippen LogP) is 9.80. The van der Waals surface area contributed by atoms with Crippen LogP contribution in [-0.4, -0.2) is 0 Å². The second-order valence-corrected chi connectivity index (χ2v) is 10.6. The molecule has 0 unspecified atom stereocenters. The van der Waals surface area contributed by atoms with E-state index < -0.39 is 5.41 Å². The number of rotatable bonds is 2. The summed E-state index contributed by atoms with van der Waals surface area (Å²) in [5.41, 5.74) is 10.8. The van der Waals surface area contributed by atoms with Crippen LogP contribution >= 0.6 is 0 Å². The molecule has 0 saturated heterocycles. The molecule has 2 heterocycles. The van der Waals surface area contributed by atoms with Gasteiger partial charge in [-0.2, -0.15) is 0 Å². The summed E-state index contributed by atoms with van der Waals surface area (Å²) < 4.78 is 12.6. The number of hydrogen-bond donors (Lipinski definition) is 1. The Morgan fingerprint density at radius 1 is 0.450 bits per heavy atom. The third-order valence-corrected chi connectivity index (χ3v) is 8.51. The molecule has 0 fully saturated rings. The highest BCUT2D eigenvalue weighted by Crippen LogP contribution is 2.62. The van der Waals surface area contributed by atoms with Gasteiger partial charge in [0.1, 0.15) is 22.7 Å². The molecule has 1 aromatic heterocycles. The van der Waals surface area contributed by atoms with E-state index in [1.54, 1.807) is 0 Å². The molecule has 9 rings (SSSR count). The number of fused-ring (bicyclic) bond motifs is 12. The van der Waals surface area contributed by atoms with Gasteiger partial charge < -0.3 is 14.5 Å². The van der Waals surface area contributed by atoms with E-state index in [1.165, 1.54) is 33.4 Å². The topological polar surface area (TPSA) is 34.4 Å². The van der Waals surface area contributed by atoms with Crippen LogP contribution in [0.1, 0.15) is 22.3 Å². The van der Waals surface area contributed by atoms with Crippen LogP contribution < -0.4 is 10.1 Å². The monoisotopic (exact) mass is 513 g/mol. The van der Waals surface area contributed by atoms with Crippen molar-refractivity contribution in [3.63, 3.8) is 0 Å². The van der Waals surface area contributed by atoms with Gasteiger partial charge in [-0.15, -0.1) is 0 Å². The van der Waals surface area contributed by atoms with E-state index in [9.17, 15) is 0 Å². The van der Waals surface area contributed by atoms with Gasteiger partial charge in [0.2, 0.25) is 0 Å². The minimum absolute atomic E-state index is 0.441. The number of benzene rings is 6. The molecule has 0 saturated carbocycles. The molecule has 0 amide bonds. The Morgan fingerprint density at radius 2 is 1.05 bits per heavy atom. The first-order valence-electron chi connectivity index (χ1n) is 13.6. The van der Waals surface area contributed by atoms with Crippen molar-refractivity contribution in [3.8, 4) is 22.6 Å². The van der Waals surface area contributed by atoms with Crippen molar-refractivity contribution in [3.05, 3.63) is 156 Å². The van der Waals surface area contributed by atoms with Crippen LogP contribution in [0.4, 0.5) is 11.4 Å². The maximum atomic E-state index is 6.43. The number of furan rings is 1. The molecule has 1 aliphatic carbocycles. The summed E-state index contributed by atoms with van der Waals surface area (Å²) in [6.07, 6.45) is 0. The number of nitrogens with one attached hydrogen (secondary N) is 1. The summed E-state index contributed by atoms with van der Waals surface area (Å²) >= 11 is 0. The zero-order chi connectivity index (χ0) is 26.3. The Balaban J connectivity index is 1.23. The van der Waals surface area contributed by atoms with Crippen LogP contribution in [0.3, 0.4) is 0 Å². The average molecular weight is 514 g/mol. The van der Waals surface area contributed by atoms with Crippen LogP contribution in [0.15, 0.2) is 138 Å². The highest BCUT2D eigenvalue weighted by atomic mass is 16.5. The van der Waals surface area contributed by atoms with Gasteiger partial charge in [0.25, 0.3) is 0 Å². The fourth-order valence-corrected chi connectivity index (χ4v) is 6.91. The van der Waals surface area contributed by atoms with Crippen LogP contribution in [-0.2, 0) is 5.41 Å². The van der Waals surface area contributed by atoms with Gasteiger partial charge in [-0.05, 0) is 64.7 Å². The Bertz CT molecular complexity index is 2090. The SMILES string of the molecule is c1ccc2c(c1)Oc1ccccc1C21c2ccccc2-c2cc(Nc3ccc4c(c3)oc3ccccc34)ccc21. The molecule has 2 aliphatic rings. The summed E-state index contributed by atoms with van der Waals surface area (Å²) in [5.74, 6) is 1.82. The first-order valence-corrected chi connectivity index (χ1v) is 13.6. The Kier molecular flexibility index (Phi) is 4.26. The van der Waals surface area contributed by atoms with E-state index >= 15 is 0 Å². The van der Waals surface area contributed by atoms with E-state index in [1.807, 2.05) is 30.3 Å². The summed E-state index contributed by atoms with van der Waals surface area (Å²) in [6.45, 7) is 0. The van der Waals surface area contributed by atoms with Gasteiger partial charge >= 0.3 is 0 Å². The zero-order valence-electron chi connectivity index (χ0n) is 21.5. The van der Waals surface area contributed by atoms with Crippen molar-refractivity contribution in [2.45, 2.75) is 5.41 Å². The van der Waals surface area contributed by atoms with Gasteiger partial charge in [0.15, 0.2) is 0 Å². The van der Waals surface area contributed by atoms with Crippen LogP contribution in [0.5, 0.6) is 11.5 Å². The number of anilines is 2. The molecule has 3 heteroatoms. The molecule has 1 N–H and O–H groups in total. The van der Waals surface area contributed by atoms with Crippen molar-refractivity contribution in [1.29, 1.82) is 0 Å². The molecule has 0 radical (unpaired) electrons. The second-order valence-electron chi connectivity index (χ2n) is 10.6. The first-order chi connectivity index (χ1) is 19.8. The molecule has 1 aliphatic heterocycles. The van der Waals surface area contributed by atoms with Crippen molar-refractivity contribution >= 4 is 33.3 Å². The van der Waals surface area contributed by atoms with Gasteiger partial charge in [0.05, 0.1) is 5.41 Å². The summed E-state index contributed by atoms with van der Waals surface area (Å²) in [6, 6.07) is 47.0. The fraction of sp³-hybridized carbons (Fsp3) is 0.0270. The highest BCUT2D eigenvalue weighted by Gasteiger charge is 2.50. The fourth-order valence-electron chi connectivity index (χ4n) is 6.91. The first kappa shape index (κ1) is 21.6. The van der Waals surface area contributed by atoms with Gasteiger partial charge in [-0.3, -0.25) is 0 Å². The minimum Gasteiger partial charge on any atom is -0.457 e. The zero-order valence-corrected chi connectivity index (χ0v) is 21.5. The van der Waals surface area contributed by atoms with Gasteiger partial charge in [0, 0.05) is 39.3 Å². The second kappa shape index (κ2) is 7.87. The molecule has 1 spiro atoms. The smallest absolute Gasteiger partial charge is 0.137 e. The van der Waals surface area contributed by atoms with Gasteiger partial charge in [-0.1, -0.05) is 84.9 Å². The summed E-state index contributed by atoms with van der Waals surface area (Å²) in [5, 5.41) is 5.91. The lowest BCUT2D eigenvalue weighted by molar-refractivity contribution is 0.436. The normalized spacial score (nSPS) is 13.9. The standard InChI is InChI=1S/C37H23NO2/c1-3-11-29-25(9-1)28-21-23(38-24-17-19-27-26-10-2-6-14-33(26)39-36(27)22-24)18-20-30(28)37(29)31-12-4-7-15-34(31)40-35-16-8-5-13-32(35)37/h1-22,38H. The Hall–Kier alpha value is -5.28. The largest absolute Gasteiger partial charge is 0.457 e. The molecule has 3 nitrogen and oxygen atoms in total. The highest BCUT2D eigenvalue weighted by molar-refractivity contribution is 6.05. The molecular formula is C37H23NO2. The minimum atomic E-state index is -0.441. The van der Waals surface area contributed by atoms with Crippen LogP contribution in [0.25, 0.3) is 33.1 Å². The Labute approximate surface area is 231 Å². The molecule has 40 heavy (non-hydrogen) atoms. The quantitative estimate of drug-likeness (QED) is 0.250. The van der Waals surface area contributed by atoms with Crippen molar-refractivity contribution < 1.29 is 9.15 Å². The maximum absolute atomic E-state index is 6.43. The molecule has 0 bridgehead atoms. The third kappa shape index (κ3) is 2.79. The van der Waals surface area contributed by atoms with Gasteiger partial charge in [-0.25, -0.2) is 0 Å². The van der Waals surface area contributed by atoms with E-state index in [2.05, 4.69) is 108 Å².